The molecule has 2 rings (SSSR count). The second-order valence-electron chi connectivity index (χ2n) is 3.25. The van der Waals surface area contributed by atoms with E-state index in [0.29, 0.717) is 11.8 Å². The average molecular weight is 207 g/mol. The van der Waals surface area contributed by atoms with Gasteiger partial charge in [0.15, 0.2) is 0 Å². The fourth-order valence-corrected chi connectivity index (χ4v) is 1.18. The van der Waals surface area contributed by atoms with Gasteiger partial charge in [-0.2, -0.15) is 10.1 Å². The van der Waals surface area contributed by atoms with Crippen LogP contribution in [0, 0.1) is 0 Å². The van der Waals surface area contributed by atoms with E-state index in [2.05, 4.69) is 27.5 Å². The fraction of sp³-hybridized carbons (Fsp3) is 0.444. The van der Waals surface area contributed by atoms with E-state index in [9.17, 15) is 0 Å². The summed E-state index contributed by atoms with van der Waals surface area (Å²) in [5.74, 6) is 0.557. The van der Waals surface area contributed by atoms with Crippen molar-refractivity contribution in [2.75, 3.05) is 11.9 Å². The molecule has 2 aromatic heterocycles. The van der Waals surface area contributed by atoms with Crippen LogP contribution in [0.2, 0.25) is 0 Å². The first-order chi connectivity index (χ1) is 7.29. The van der Waals surface area contributed by atoms with E-state index in [1.807, 2.05) is 13.2 Å². The molecule has 0 aromatic carbocycles. The minimum absolute atomic E-state index is 0.454. The molecule has 2 heterocycles. The van der Waals surface area contributed by atoms with Crippen LogP contribution in [0.1, 0.15) is 13.3 Å². The Morgan fingerprint density at radius 1 is 1.53 bits per heavy atom. The van der Waals surface area contributed by atoms with Crippen molar-refractivity contribution in [2.24, 2.45) is 7.05 Å². The summed E-state index contributed by atoms with van der Waals surface area (Å²) < 4.78 is 6.72. The number of anilines is 1. The molecule has 15 heavy (non-hydrogen) atoms. The highest BCUT2D eigenvalue weighted by Crippen LogP contribution is 2.15. The van der Waals surface area contributed by atoms with Crippen LogP contribution < -0.4 is 5.32 Å². The predicted molar refractivity (Wildman–Crippen MR) is 55.3 cm³/mol. The van der Waals surface area contributed by atoms with Gasteiger partial charge in [-0.15, -0.1) is 0 Å². The van der Waals surface area contributed by atoms with Crippen LogP contribution in [0.3, 0.4) is 0 Å². The largest absolute Gasteiger partial charge is 0.338 e. The van der Waals surface area contributed by atoms with Crippen molar-refractivity contribution in [3.05, 3.63) is 12.4 Å². The molecule has 0 fully saturated rings. The SMILES string of the molecule is CCCNc1nc(-c2cnn(C)c2)no1. The van der Waals surface area contributed by atoms with Gasteiger partial charge in [0, 0.05) is 19.8 Å². The molecular formula is C9H13N5O. The number of aromatic nitrogens is 4. The van der Waals surface area contributed by atoms with E-state index in [0.717, 1.165) is 18.5 Å². The molecule has 6 heteroatoms. The average Bonchev–Trinajstić information content (AvgIpc) is 2.83. The molecule has 0 aliphatic heterocycles. The lowest BCUT2D eigenvalue weighted by Gasteiger charge is -1.93. The number of nitrogens with zero attached hydrogens (tertiary/aromatic N) is 4. The first-order valence-corrected chi connectivity index (χ1v) is 4.86. The van der Waals surface area contributed by atoms with Crippen molar-refractivity contribution >= 4 is 6.01 Å². The van der Waals surface area contributed by atoms with E-state index in [1.54, 1.807) is 10.9 Å². The summed E-state index contributed by atoms with van der Waals surface area (Å²) in [5.41, 5.74) is 0.853. The predicted octanol–water partition coefficient (Wildman–Crippen LogP) is 1.29. The Kier molecular flexibility index (Phi) is 2.66. The first kappa shape index (κ1) is 9.70. The Bertz CT molecular complexity index is 433. The lowest BCUT2D eigenvalue weighted by atomic mass is 10.3. The third-order valence-electron chi connectivity index (χ3n) is 1.92. The maximum absolute atomic E-state index is 5.02. The number of nitrogens with one attached hydrogen (secondary N) is 1. The molecule has 6 nitrogen and oxygen atoms in total. The monoisotopic (exact) mass is 207 g/mol. The van der Waals surface area contributed by atoms with Crippen molar-refractivity contribution < 1.29 is 4.52 Å². The van der Waals surface area contributed by atoms with Gasteiger partial charge in [0.05, 0.1) is 11.8 Å². The van der Waals surface area contributed by atoms with Crippen LogP contribution in [-0.2, 0) is 7.05 Å². The van der Waals surface area contributed by atoms with E-state index in [1.165, 1.54) is 0 Å². The molecule has 0 bridgehead atoms. The standard InChI is InChI=1S/C9H13N5O/c1-3-4-10-9-12-8(13-15-9)7-5-11-14(2)6-7/h5-6H,3-4H2,1-2H3,(H,10,12,13). The van der Waals surface area contributed by atoms with Gasteiger partial charge in [-0.1, -0.05) is 12.1 Å². The fourth-order valence-electron chi connectivity index (χ4n) is 1.18. The molecule has 0 radical (unpaired) electrons. The van der Waals surface area contributed by atoms with E-state index >= 15 is 0 Å². The van der Waals surface area contributed by atoms with Crippen molar-refractivity contribution in [1.82, 2.24) is 19.9 Å². The molecular weight excluding hydrogens is 194 g/mol. The Morgan fingerprint density at radius 2 is 2.40 bits per heavy atom. The summed E-state index contributed by atoms with van der Waals surface area (Å²) in [6.07, 6.45) is 4.56. The second kappa shape index (κ2) is 4.12. The molecule has 80 valence electrons. The molecule has 2 aromatic rings. The van der Waals surface area contributed by atoms with Gasteiger partial charge in [0.25, 0.3) is 0 Å². The zero-order valence-electron chi connectivity index (χ0n) is 8.77. The van der Waals surface area contributed by atoms with Crippen LogP contribution in [0.15, 0.2) is 16.9 Å². The summed E-state index contributed by atoms with van der Waals surface area (Å²) in [6, 6.07) is 0.454. The molecule has 1 N–H and O–H groups in total. The highest BCUT2D eigenvalue weighted by Gasteiger charge is 2.08. The van der Waals surface area contributed by atoms with Crippen molar-refractivity contribution in [2.45, 2.75) is 13.3 Å². The maximum Gasteiger partial charge on any atom is 0.321 e. The quantitative estimate of drug-likeness (QED) is 0.818. The Labute approximate surface area is 87.3 Å². The smallest absolute Gasteiger partial charge is 0.321 e. The van der Waals surface area contributed by atoms with E-state index in [4.69, 9.17) is 4.52 Å². The molecule has 0 saturated heterocycles. The van der Waals surface area contributed by atoms with E-state index in [-0.39, 0.29) is 0 Å². The van der Waals surface area contributed by atoms with Gasteiger partial charge in [0.2, 0.25) is 5.82 Å². The topological polar surface area (TPSA) is 68.8 Å². The van der Waals surface area contributed by atoms with Gasteiger partial charge >= 0.3 is 6.01 Å². The van der Waals surface area contributed by atoms with Crippen molar-refractivity contribution in [1.29, 1.82) is 0 Å². The summed E-state index contributed by atoms with van der Waals surface area (Å²) in [6.45, 7) is 2.90. The maximum atomic E-state index is 5.02. The molecule has 0 unspecified atom stereocenters. The minimum Gasteiger partial charge on any atom is -0.338 e. The summed E-state index contributed by atoms with van der Waals surface area (Å²) in [7, 11) is 1.85. The van der Waals surface area contributed by atoms with Crippen molar-refractivity contribution in [3.63, 3.8) is 0 Å². The highest BCUT2D eigenvalue weighted by molar-refractivity contribution is 5.52. The van der Waals surface area contributed by atoms with Gasteiger partial charge in [-0.3, -0.25) is 4.68 Å². The zero-order valence-corrected chi connectivity index (χ0v) is 8.77. The number of rotatable bonds is 4. The van der Waals surface area contributed by atoms with Crippen LogP contribution in [0.25, 0.3) is 11.4 Å². The molecule has 0 spiro atoms. The molecule has 0 amide bonds. The Hall–Kier alpha value is -1.85. The third kappa shape index (κ3) is 2.15. The molecule has 0 atom stereocenters. The summed E-state index contributed by atoms with van der Waals surface area (Å²) in [4.78, 5) is 4.19. The number of hydrogen-bond acceptors (Lipinski definition) is 5. The highest BCUT2D eigenvalue weighted by atomic mass is 16.5. The lowest BCUT2D eigenvalue weighted by molar-refractivity contribution is 0.432. The molecule has 0 aliphatic carbocycles. The Morgan fingerprint density at radius 3 is 3.07 bits per heavy atom. The van der Waals surface area contributed by atoms with Gasteiger partial charge in [0.1, 0.15) is 0 Å². The molecule has 0 saturated carbocycles. The minimum atomic E-state index is 0.454. The lowest BCUT2D eigenvalue weighted by Crippen LogP contribution is -1.99. The molecule has 0 aliphatic rings. The van der Waals surface area contributed by atoms with Gasteiger partial charge < -0.3 is 9.84 Å². The van der Waals surface area contributed by atoms with Crippen LogP contribution >= 0.6 is 0 Å². The third-order valence-corrected chi connectivity index (χ3v) is 1.92. The number of hydrogen-bond donors (Lipinski definition) is 1. The number of aryl methyl sites for hydroxylation is 1. The summed E-state index contributed by atoms with van der Waals surface area (Å²) in [5, 5.41) is 10.9. The van der Waals surface area contributed by atoms with E-state index < -0.39 is 0 Å². The Balaban J connectivity index is 2.13. The van der Waals surface area contributed by atoms with Crippen LogP contribution in [0.4, 0.5) is 6.01 Å². The normalized spacial score (nSPS) is 10.5. The van der Waals surface area contributed by atoms with Crippen LogP contribution in [0.5, 0.6) is 0 Å². The van der Waals surface area contributed by atoms with Gasteiger partial charge in [-0.25, -0.2) is 0 Å². The zero-order chi connectivity index (χ0) is 10.7. The summed E-state index contributed by atoms with van der Waals surface area (Å²) >= 11 is 0. The first-order valence-electron chi connectivity index (χ1n) is 4.86. The van der Waals surface area contributed by atoms with Gasteiger partial charge in [-0.05, 0) is 6.42 Å². The van der Waals surface area contributed by atoms with Crippen LogP contribution in [-0.4, -0.2) is 26.5 Å². The van der Waals surface area contributed by atoms with Crippen molar-refractivity contribution in [3.8, 4) is 11.4 Å². The second-order valence-corrected chi connectivity index (χ2v) is 3.25.